The number of urea groups is 2. The van der Waals surface area contributed by atoms with Gasteiger partial charge in [-0.05, 0) is 118 Å². The molecule has 3 atom stereocenters. The van der Waals surface area contributed by atoms with Crippen LogP contribution in [0.1, 0.15) is 125 Å². The highest BCUT2D eigenvalue weighted by atomic mass is 32.2. The van der Waals surface area contributed by atoms with E-state index in [0.29, 0.717) is 61.7 Å². The van der Waals surface area contributed by atoms with Crippen molar-refractivity contribution in [3.05, 3.63) is 143 Å². The van der Waals surface area contributed by atoms with Gasteiger partial charge in [0.25, 0.3) is 0 Å². The number of hydrazone groups is 2. The number of thioether (sulfide) groups is 2. The number of benzene rings is 4. The van der Waals surface area contributed by atoms with Gasteiger partial charge in [-0.25, -0.2) is 20.4 Å². The Balaban J connectivity index is 0.000000302. The van der Waals surface area contributed by atoms with Crippen LogP contribution in [0.15, 0.2) is 119 Å². The molecule has 16 nitrogen and oxygen atoms in total. The molecular weight excluding hydrogens is 1050 g/mol. The Labute approximate surface area is 490 Å². The number of nitrogens with one attached hydrogen (secondary N) is 7. The summed E-state index contributed by atoms with van der Waals surface area (Å²) in [6.45, 7) is 14.1. The number of aryl methyl sites for hydroxylation is 2. The molecule has 440 valence electrons. The molecule has 18 heteroatoms. The van der Waals surface area contributed by atoms with Gasteiger partial charge < -0.3 is 38.1 Å². The van der Waals surface area contributed by atoms with Crippen LogP contribution < -0.4 is 48.9 Å². The summed E-state index contributed by atoms with van der Waals surface area (Å²) in [5.74, 6) is 3.62. The van der Waals surface area contributed by atoms with Gasteiger partial charge in [0, 0.05) is 67.1 Å². The van der Waals surface area contributed by atoms with Crippen molar-refractivity contribution in [2.24, 2.45) is 51.3 Å². The van der Waals surface area contributed by atoms with Gasteiger partial charge in [0.1, 0.15) is 0 Å². The molecule has 2 fully saturated rings. The molecule has 4 aromatic rings. The fourth-order valence-corrected chi connectivity index (χ4v) is 11.5. The van der Waals surface area contributed by atoms with E-state index in [4.69, 9.17) is 11.5 Å². The molecule has 0 unspecified atom stereocenters. The maximum Gasteiger partial charge on any atom is 0.335 e. The summed E-state index contributed by atoms with van der Waals surface area (Å²) >= 11 is 3.41. The molecule has 6 rings (SSSR count). The lowest BCUT2D eigenvalue weighted by Gasteiger charge is -2.28. The Kier molecular flexibility index (Phi) is 29.4. The third-order valence-electron chi connectivity index (χ3n) is 15.1. The molecule has 0 saturated heterocycles. The highest BCUT2D eigenvalue weighted by molar-refractivity contribution is 7.99. The Bertz CT molecular complexity index is 2570. The fraction of sp³-hybridized carbons (Fsp3) is 0.508. The summed E-state index contributed by atoms with van der Waals surface area (Å²) in [6.07, 6.45) is 8.31. The molecule has 0 aromatic heterocycles. The predicted molar refractivity (Wildman–Crippen MR) is 333 cm³/mol. The molecular formula is C63H91N11O5S2. The van der Waals surface area contributed by atoms with Crippen LogP contribution in [0.4, 0.5) is 9.59 Å². The minimum atomic E-state index is -0.618. The average Bonchev–Trinajstić information content (AvgIpc) is 3.49. The highest BCUT2D eigenvalue weighted by Crippen LogP contribution is 2.30. The zero-order chi connectivity index (χ0) is 58.4. The van der Waals surface area contributed by atoms with Crippen molar-refractivity contribution in [3.8, 4) is 0 Å². The van der Waals surface area contributed by atoms with Crippen LogP contribution in [0.5, 0.6) is 0 Å². The van der Waals surface area contributed by atoms with Crippen molar-refractivity contribution in [2.75, 3.05) is 24.6 Å². The first kappa shape index (κ1) is 65.6. The molecule has 11 N–H and O–H groups in total. The van der Waals surface area contributed by atoms with Gasteiger partial charge in [-0.15, -0.1) is 0 Å². The smallest absolute Gasteiger partial charge is 0.335 e. The van der Waals surface area contributed by atoms with Gasteiger partial charge in [-0.3, -0.25) is 14.4 Å². The van der Waals surface area contributed by atoms with E-state index < -0.39 is 6.04 Å². The molecule has 0 aliphatic heterocycles. The molecule has 0 spiro atoms. The lowest BCUT2D eigenvalue weighted by molar-refractivity contribution is -0.127. The topological polar surface area (TPSA) is 246 Å². The second kappa shape index (κ2) is 36.3. The van der Waals surface area contributed by atoms with Gasteiger partial charge >= 0.3 is 12.1 Å². The molecule has 81 heavy (non-hydrogen) atoms. The van der Waals surface area contributed by atoms with E-state index in [1.54, 1.807) is 23.5 Å². The van der Waals surface area contributed by atoms with Crippen molar-refractivity contribution in [2.45, 2.75) is 148 Å². The molecule has 2 aliphatic carbocycles. The predicted octanol–water partition coefficient (Wildman–Crippen LogP) is 9.63. The Morgan fingerprint density at radius 2 is 0.938 bits per heavy atom. The van der Waals surface area contributed by atoms with Crippen LogP contribution in [0.3, 0.4) is 0 Å². The fourth-order valence-electron chi connectivity index (χ4n) is 9.49. The van der Waals surface area contributed by atoms with Gasteiger partial charge in [0.05, 0.1) is 23.5 Å². The molecule has 0 bridgehead atoms. The summed E-state index contributed by atoms with van der Waals surface area (Å²) in [7, 11) is 0. The number of rotatable bonds is 27. The van der Waals surface area contributed by atoms with E-state index in [2.05, 4.69) is 115 Å². The third-order valence-corrected chi connectivity index (χ3v) is 17.1. The number of nitrogens with zero attached hydrogens (tertiary/aromatic N) is 2. The van der Waals surface area contributed by atoms with Gasteiger partial charge in [-0.1, -0.05) is 148 Å². The summed E-state index contributed by atoms with van der Waals surface area (Å²) < 4.78 is 0. The number of nitrogens with two attached hydrogens (primary N) is 2. The standard InChI is InChI=1S/C34H50N6O3S.C29H41N5O2S/c1-5-29(38-33(42)31(35)23(2)3)30(22-44-21-27-9-7-6-8-10-27)39-40-34(43)37-20-26-15-17-28(18-16-26)32(41)36-19-25-13-11-24(4)12-14-25;1-3-26(30)27(20-37-19-24-7-5-4-6-8-24)33-34-29(36)32-18-23-13-15-25(16-14-23)28(35)31-17-22-11-9-21(2)10-12-22/h6-14,23,26,28-29,31H,5,15-22,35H2,1-4H3,(H,36,41)(H,38,42)(H2,37,40,43);4-12,23,25-26H,3,13-20,30H2,1-2H3,(H,31,35)(H2,32,34,36)/b39-30-;33-27-/t26?,28?,29-,31-;23?,25?,26-/m00/s1. The van der Waals surface area contributed by atoms with Gasteiger partial charge in [0.15, 0.2) is 0 Å². The van der Waals surface area contributed by atoms with Crippen molar-refractivity contribution >= 4 is 64.7 Å². The SMILES string of the molecule is CC[C@H](N)/C(CSCc1ccccc1)=N\NC(=O)NCC1CCC(C(=O)NCc2ccc(C)cc2)CC1.CC[C@H](NC(=O)[C@@H](N)C(C)C)/C(CSCc1ccccc1)=N\NC(=O)NCC1CCC(C(=O)NCc2ccc(C)cc2)CC1. The first-order valence-electron chi connectivity index (χ1n) is 29.0. The maximum atomic E-state index is 12.7. The van der Waals surface area contributed by atoms with Crippen molar-refractivity contribution in [1.82, 2.24) is 37.4 Å². The van der Waals surface area contributed by atoms with Crippen LogP contribution in [-0.2, 0) is 39.0 Å². The van der Waals surface area contributed by atoms with Crippen LogP contribution in [0.2, 0.25) is 0 Å². The maximum absolute atomic E-state index is 12.7. The average molecular weight is 1150 g/mol. The number of carbonyl (C=O) groups excluding carboxylic acids is 5. The monoisotopic (exact) mass is 1150 g/mol. The Morgan fingerprint density at radius 3 is 1.33 bits per heavy atom. The van der Waals surface area contributed by atoms with E-state index in [1.165, 1.54) is 22.3 Å². The normalized spacial score (nSPS) is 18.4. The molecule has 4 aromatic carbocycles. The van der Waals surface area contributed by atoms with Crippen LogP contribution in [0, 0.1) is 43.4 Å². The number of carbonyl (C=O) groups is 5. The van der Waals surface area contributed by atoms with Crippen molar-refractivity contribution in [1.29, 1.82) is 0 Å². The third kappa shape index (κ3) is 24.8. The summed E-state index contributed by atoms with van der Waals surface area (Å²) in [5.41, 5.74) is 26.1. The highest BCUT2D eigenvalue weighted by Gasteiger charge is 2.28. The largest absolute Gasteiger partial charge is 0.352 e. The second-order valence-corrected chi connectivity index (χ2v) is 23.9. The van der Waals surface area contributed by atoms with Crippen LogP contribution in [0.25, 0.3) is 0 Å². The number of amides is 7. The van der Waals surface area contributed by atoms with Crippen LogP contribution in [-0.4, -0.2) is 83.9 Å². The molecule has 2 saturated carbocycles. The minimum absolute atomic E-state index is 0.00683. The summed E-state index contributed by atoms with van der Waals surface area (Å²) in [4.78, 5) is 63.1. The lowest BCUT2D eigenvalue weighted by Crippen LogP contribution is -2.51. The molecule has 7 amide bonds. The lowest BCUT2D eigenvalue weighted by atomic mass is 9.81. The quantitative estimate of drug-likeness (QED) is 0.0203. The zero-order valence-electron chi connectivity index (χ0n) is 48.6. The van der Waals surface area contributed by atoms with Crippen molar-refractivity contribution < 1.29 is 24.0 Å². The molecule has 0 heterocycles. The van der Waals surface area contributed by atoms with E-state index in [-0.39, 0.29) is 59.6 Å². The zero-order valence-corrected chi connectivity index (χ0v) is 50.3. The van der Waals surface area contributed by atoms with Crippen LogP contribution >= 0.6 is 23.5 Å². The number of hydrogen-bond donors (Lipinski definition) is 9. The number of hydrogen-bond acceptors (Lipinski definition) is 11. The van der Waals surface area contributed by atoms with Gasteiger partial charge in [-0.2, -0.15) is 33.7 Å². The van der Waals surface area contributed by atoms with E-state index in [0.717, 1.165) is 86.1 Å². The first-order chi connectivity index (χ1) is 39.1. The first-order valence-corrected chi connectivity index (χ1v) is 31.3. The summed E-state index contributed by atoms with van der Waals surface area (Å²) in [6, 6.07) is 35.0. The Hall–Kier alpha value is -6.21. The van der Waals surface area contributed by atoms with E-state index in [9.17, 15) is 24.0 Å². The summed E-state index contributed by atoms with van der Waals surface area (Å²) in [5, 5.41) is 23.8. The van der Waals surface area contributed by atoms with Crippen molar-refractivity contribution in [3.63, 3.8) is 0 Å². The van der Waals surface area contributed by atoms with E-state index >= 15 is 0 Å². The molecule has 0 radical (unpaired) electrons. The minimum Gasteiger partial charge on any atom is -0.352 e. The molecule has 2 aliphatic rings. The van der Waals surface area contributed by atoms with Gasteiger partial charge in [0.2, 0.25) is 17.7 Å². The van der Waals surface area contributed by atoms with E-state index in [1.807, 2.05) is 83.1 Å². The Morgan fingerprint density at radius 1 is 0.531 bits per heavy atom. The second-order valence-electron chi connectivity index (χ2n) is 21.9.